The highest BCUT2D eigenvalue weighted by Gasteiger charge is 2.19. The highest BCUT2D eigenvalue weighted by Crippen LogP contribution is 2.28. The first-order valence-corrected chi connectivity index (χ1v) is 9.40. The van der Waals surface area contributed by atoms with Gasteiger partial charge < -0.3 is 19.5 Å². The van der Waals surface area contributed by atoms with Crippen LogP contribution in [0, 0.1) is 10.1 Å². The molecule has 0 aliphatic rings. The van der Waals surface area contributed by atoms with Crippen molar-refractivity contribution in [3.8, 4) is 11.5 Å². The number of hydrogen-bond donors (Lipinski definition) is 1. The minimum absolute atomic E-state index is 0.0318. The molecule has 0 unspecified atom stereocenters. The van der Waals surface area contributed by atoms with E-state index in [1.165, 1.54) is 48.6 Å². The predicted molar refractivity (Wildman–Crippen MR) is 119 cm³/mol. The second kappa shape index (κ2) is 11.7. The Kier molecular flexibility index (Phi) is 8.73. The van der Waals surface area contributed by atoms with Crippen molar-refractivity contribution < 1.29 is 28.7 Å². The van der Waals surface area contributed by atoms with Crippen molar-refractivity contribution in [1.29, 1.82) is 0 Å². The third kappa shape index (κ3) is 6.30. The summed E-state index contributed by atoms with van der Waals surface area (Å²) in [6.45, 7) is 10.8. The van der Waals surface area contributed by atoms with E-state index in [4.69, 9.17) is 14.2 Å². The fourth-order valence-corrected chi connectivity index (χ4v) is 2.53. The number of hydrogen-bond acceptors (Lipinski definition) is 7. The van der Waals surface area contributed by atoms with E-state index < -0.39 is 16.8 Å². The summed E-state index contributed by atoms with van der Waals surface area (Å²) in [5.74, 6) is -0.971. The number of rotatable bonds is 12. The zero-order chi connectivity index (χ0) is 23.5. The largest absolute Gasteiger partial charge is 0.489 e. The lowest BCUT2D eigenvalue weighted by atomic mass is 10.1. The summed E-state index contributed by atoms with van der Waals surface area (Å²) in [5, 5.41) is 13.7. The Bertz CT molecular complexity index is 1050. The zero-order valence-corrected chi connectivity index (χ0v) is 17.2. The van der Waals surface area contributed by atoms with Crippen LogP contribution in [0.4, 0.5) is 11.4 Å². The summed E-state index contributed by atoms with van der Waals surface area (Å²) < 4.78 is 16.0. The van der Waals surface area contributed by atoms with Crippen LogP contribution in [-0.2, 0) is 4.74 Å². The van der Waals surface area contributed by atoms with Crippen LogP contribution in [0.5, 0.6) is 11.5 Å². The maximum atomic E-state index is 12.8. The quantitative estimate of drug-likeness (QED) is 0.227. The third-order valence-corrected chi connectivity index (χ3v) is 3.93. The number of ether oxygens (including phenoxy) is 3. The SMILES string of the molecule is C=CCOC(=O)c1ccc(NC(=O)c2ccc([N+](=O)[O-])cc2OCC=C)cc1OCC=C. The van der Waals surface area contributed by atoms with Gasteiger partial charge in [-0.2, -0.15) is 0 Å². The molecule has 32 heavy (non-hydrogen) atoms. The molecule has 0 bridgehead atoms. The Labute approximate surface area is 184 Å². The van der Waals surface area contributed by atoms with Crippen LogP contribution in [0.15, 0.2) is 74.4 Å². The monoisotopic (exact) mass is 438 g/mol. The van der Waals surface area contributed by atoms with Gasteiger partial charge in [0.05, 0.1) is 16.6 Å². The third-order valence-electron chi connectivity index (χ3n) is 3.93. The molecule has 9 heteroatoms. The molecule has 0 aromatic heterocycles. The van der Waals surface area contributed by atoms with Crippen LogP contribution in [0.2, 0.25) is 0 Å². The zero-order valence-electron chi connectivity index (χ0n) is 17.2. The molecule has 0 saturated carbocycles. The van der Waals surface area contributed by atoms with E-state index in [0.29, 0.717) is 5.69 Å². The van der Waals surface area contributed by atoms with Crippen molar-refractivity contribution >= 4 is 23.3 Å². The van der Waals surface area contributed by atoms with Gasteiger partial charge in [0.1, 0.15) is 36.9 Å². The lowest BCUT2D eigenvalue weighted by molar-refractivity contribution is -0.384. The van der Waals surface area contributed by atoms with Crippen LogP contribution in [0.1, 0.15) is 20.7 Å². The number of benzene rings is 2. The van der Waals surface area contributed by atoms with Gasteiger partial charge in [-0.3, -0.25) is 14.9 Å². The van der Waals surface area contributed by atoms with Gasteiger partial charge in [-0.15, -0.1) is 0 Å². The van der Waals surface area contributed by atoms with Crippen LogP contribution < -0.4 is 14.8 Å². The van der Waals surface area contributed by atoms with Crippen molar-refractivity contribution in [2.24, 2.45) is 0 Å². The van der Waals surface area contributed by atoms with E-state index in [9.17, 15) is 19.7 Å². The number of non-ortho nitro benzene ring substituents is 1. The molecule has 2 aromatic carbocycles. The molecule has 1 N–H and O–H groups in total. The summed E-state index contributed by atoms with van der Waals surface area (Å²) in [6.07, 6.45) is 4.39. The second-order valence-electron chi connectivity index (χ2n) is 6.19. The van der Waals surface area contributed by atoms with E-state index in [2.05, 4.69) is 25.1 Å². The molecule has 1 amide bonds. The molecule has 9 nitrogen and oxygen atoms in total. The van der Waals surface area contributed by atoms with Gasteiger partial charge in [0, 0.05) is 17.8 Å². The molecular weight excluding hydrogens is 416 g/mol. The molecule has 0 fully saturated rings. The molecule has 0 heterocycles. The summed E-state index contributed by atoms with van der Waals surface area (Å²) in [6, 6.07) is 8.07. The smallest absolute Gasteiger partial charge is 0.342 e. The van der Waals surface area contributed by atoms with Gasteiger partial charge in [-0.05, 0) is 18.2 Å². The number of nitrogens with zero attached hydrogens (tertiary/aromatic N) is 1. The number of carbonyl (C=O) groups excluding carboxylic acids is 2. The first-order chi connectivity index (χ1) is 15.4. The fourth-order valence-electron chi connectivity index (χ4n) is 2.53. The van der Waals surface area contributed by atoms with E-state index in [-0.39, 0.29) is 48.1 Å². The van der Waals surface area contributed by atoms with Gasteiger partial charge in [0.25, 0.3) is 11.6 Å². The molecule has 2 aromatic rings. The summed E-state index contributed by atoms with van der Waals surface area (Å²) in [4.78, 5) is 35.5. The standard InChI is InChI=1S/C23H22N2O7/c1-4-11-30-20-14-16(7-9-19(20)23(27)32-13-6-3)24-22(26)18-10-8-17(25(28)29)15-21(18)31-12-5-2/h4-10,14-15H,1-3,11-13H2,(H,24,26). The van der Waals surface area contributed by atoms with Gasteiger partial charge in [-0.1, -0.05) is 38.0 Å². The van der Waals surface area contributed by atoms with Crippen LogP contribution in [0.25, 0.3) is 0 Å². The molecule has 166 valence electrons. The Morgan fingerprint density at radius 3 is 2.09 bits per heavy atom. The molecule has 0 aliphatic carbocycles. The first kappa shape index (κ1) is 23.9. The number of anilines is 1. The van der Waals surface area contributed by atoms with Gasteiger partial charge in [0.2, 0.25) is 0 Å². The van der Waals surface area contributed by atoms with Crippen molar-refractivity contribution in [3.05, 3.63) is 95.6 Å². The predicted octanol–water partition coefficient (Wildman–Crippen LogP) is 4.32. The highest BCUT2D eigenvalue weighted by atomic mass is 16.6. The van der Waals surface area contributed by atoms with E-state index in [1.807, 2.05) is 0 Å². The Morgan fingerprint density at radius 1 is 0.906 bits per heavy atom. The van der Waals surface area contributed by atoms with Crippen molar-refractivity contribution in [2.45, 2.75) is 0 Å². The van der Waals surface area contributed by atoms with Crippen LogP contribution >= 0.6 is 0 Å². The van der Waals surface area contributed by atoms with Gasteiger partial charge in [0.15, 0.2) is 0 Å². The van der Waals surface area contributed by atoms with E-state index in [0.717, 1.165) is 6.07 Å². The minimum Gasteiger partial charge on any atom is -0.489 e. The molecule has 0 saturated heterocycles. The normalized spacial score (nSPS) is 9.88. The number of esters is 1. The van der Waals surface area contributed by atoms with Crippen LogP contribution in [-0.4, -0.2) is 36.6 Å². The average Bonchev–Trinajstić information content (AvgIpc) is 2.79. The molecule has 0 radical (unpaired) electrons. The lowest BCUT2D eigenvalue weighted by Crippen LogP contribution is -2.15. The fraction of sp³-hybridized carbons (Fsp3) is 0.130. The van der Waals surface area contributed by atoms with Crippen molar-refractivity contribution in [3.63, 3.8) is 0 Å². The Balaban J connectivity index is 2.32. The first-order valence-electron chi connectivity index (χ1n) is 9.40. The second-order valence-corrected chi connectivity index (χ2v) is 6.19. The molecule has 2 rings (SSSR count). The molecule has 0 aliphatic heterocycles. The minimum atomic E-state index is -0.614. The van der Waals surface area contributed by atoms with Crippen LogP contribution in [0.3, 0.4) is 0 Å². The summed E-state index contributed by atoms with van der Waals surface area (Å²) >= 11 is 0. The topological polar surface area (TPSA) is 117 Å². The average molecular weight is 438 g/mol. The number of amides is 1. The van der Waals surface area contributed by atoms with E-state index in [1.54, 1.807) is 0 Å². The molecular formula is C23H22N2O7. The van der Waals surface area contributed by atoms with Crippen molar-refractivity contribution in [2.75, 3.05) is 25.1 Å². The number of carbonyl (C=O) groups is 2. The van der Waals surface area contributed by atoms with Gasteiger partial charge in [-0.25, -0.2) is 4.79 Å². The number of nitrogens with one attached hydrogen (secondary N) is 1. The highest BCUT2D eigenvalue weighted by molar-refractivity contribution is 6.06. The number of nitro groups is 1. The van der Waals surface area contributed by atoms with E-state index >= 15 is 0 Å². The summed E-state index contributed by atoms with van der Waals surface area (Å²) in [5.41, 5.74) is 0.350. The number of nitro benzene ring substituents is 1. The maximum Gasteiger partial charge on any atom is 0.342 e. The van der Waals surface area contributed by atoms with Crippen molar-refractivity contribution in [1.82, 2.24) is 0 Å². The molecule has 0 spiro atoms. The molecule has 0 atom stereocenters. The lowest BCUT2D eigenvalue weighted by Gasteiger charge is -2.14. The van der Waals surface area contributed by atoms with Gasteiger partial charge >= 0.3 is 5.97 Å². The maximum absolute atomic E-state index is 12.8. The summed E-state index contributed by atoms with van der Waals surface area (Å²) in [7, 11) is 0. The Morgan fingerprint density at radius 2 is 1.50 bits per heavy atom. The Hall–Kier alpha value is -4.40.